The van der Waals surface area contributed by atoms with Crippen molar-refractivity contribution in [1.29, 1.82) is 0 Å². The van der Waals surface area contributed by atoms with Gasteiger partial charge in [0.25, 0.3) is 5.91 Å². The van der Waals surface area contributed by atoms with Crippen LogP contribution in [0, 0.1) is 0 Å². The molecule has 18 heavy (non-hydrogen) atoms. The first-order valence-corrected chi connectivity index (χ1v) is 5.50. The van der Waals surface area contributed by atoms with Gasteiger partial charge >= 0.3 is 0 Å². The minimum absolute atomic E-state index is 0.0751. The van der Waals surface area contributed by atoms with Crippen molar-refractivity contribution in [3.8, 4) is 5.75 Å². The number of benzene rings is 1. The van der Waals surface area contributed by atoms with Crippen LogP contribution in [0.4, 0.5) is 0 Å². The van der Waals surface area contributed by atoms with Gasteiger partial charge in [0, 0.05) is 11.2 Å². The molecular weight excluding hydrogens is 254 g/mol. The highest BCUT2D eigenvalue weighted by Crippen LogP contribution is 2.21. The smallest absolute Gasteiger partial charge is 0.275 e. The van der Waals surface area contributed by atoms with E-state index in [9.17, 15) is 9.90 Å². The molecule has 0 spiro atoms. The van der Waals surface area contributed by atoms with E-state index in [1.165, 1.54) is 24.4 Å². The molecule has 1 heterocycles. The summed E-state index contributed by atoms with van der Waals surface area (Å²) in [4.78, 5) is 14.6. The number of hydrogen-bond acceptors (Lipinski definition) is 3. The van der Waals surface area contributed by atoms with E-state index in [2.05, 4.69) is 15.5 Å². The number of carbonyl (C=O) groups excluding carboxylic acids is 1. The Morgan fingerprint density at radius 3 is 3.00 bits per heavy atom. The van der Waals surface area contributed by atoms with Gasteiger partial charge < -0.3 is 10.1 Å². The number of halogens is 1. The van der Waals surface area contributed by atoms with Gasteiger partial charge in [-0.25, -0.2) is 5.43 Å². The number of H-pyrrole nitrogens is 1. The maximum atomic E-state index is 11.7. The van der Waals surface area contributed by atoms with Gasteiger partial charge in [0.15, 0.2) is 0 Å². The fourth-order valence-electron chi connectivity index (χ4n) is 1.34. The lowest BCUT2D eigenvalue weighted by molar-refractivity contribution is 0.0952. The summed E-state index contributed by atoms with van der Waals surface area (Å²) >= 11 is 5.74. The first kappa shape index (κ1) is 12.2. The van der Waals surface area contributed by atoms with Crippen LogP contribution in [-0.2, 0) is 0 Å². The standard InChI is InChI=1S/C12H10ClN3O2/c13-8-3-4-11(17)10(6-8)12(18)16-15-7-9-2-1-5-14-9/h1-7,14,17H,(H,16,18)/b15-7-. The maximum Gasteiger partial charge on any atom is 0.275 e. The number of aromatic amines is 1. The molecule has 1 aromatic heterocycles. The maximum absolute atomic E-state index is 11.7. The van der Waals surface area contributed by atoms with Crippen LogP contribution in [0.25, 0.3) is 0 Å². The molecule has 2 rings (SSSR count). The summed E-state index contributed by atoms with van der Waals surface area (Å²) in [6.45, 7) is 0. The summed E-state index contributed by atoms with van der Waals surface area (Å²) in [5.41, 5.74) is 3.13. The fourth-order valence-corrected chi connectivity index (χ4v) is 1.51. The summed E-state index contributed by atoms with van der Waals surface area (Å²) in [7, 11) is 0. The van der Waals surface area contributed by atoms with E-state index in [1.54, 1.807) is 12.3 Å². The topological polar surface area (TPSA) is 77.5 Å². The second kappa shape index (κ2) is 5.37. The number of aromatic nitrogens is 1. The van der Waals surface area contributed by atoms with E-state index in [4.69, 9.17) is 11.6 Å². The summed E-state index contributed by atoms with van der Waals surface area (Å²) in [5.74, 6) is -0.676. The molecule has 0 atom stereocenters. The Bertz CT molecular complexity index is 579. The lowest BCUT2D eigenvalue weighted by Crippen LogP contribution is -2.17. The van der Waals surface area contributed by atoms with Crippen molar-refractivity contribution in [3.05, 3.63) is 52.8 Å². The van der Waals surface area contributed by atoms with Gasteiger partial charge in [0.2, 0.25) is 0 Å². The molecule has 0 aliphatic rings. The Kier molecular flexibility index (Phi) is 3.64. The van der Waals surface area contributed by atoms with Crippen molar-refractivity contribution in [2.24, 2.45) is 5.10 Å². The third-order valence-electron chi connectivity index (χ3n) is 2.19. The lowest BCUT2D eigenvalue weighted by Gasteiger charge is -2.02. The fraction of sp³-hybridized carbons (Fsp3) is 0. The number of phenols is 1. The van der Waals surface area contributed by atoms with Crippen molar-refractivity contribution in [2.75, 3.05) is 0 Å². The molecule has 0 aliphatic heterocycles. The molecule has 1 aromatic carbocycles. The minimum atomic E-state index is -0.530. The SMILES string of the molecule is O=C(N/N=C\c1ccc[nH]1)c1cc(Cl)ccc1O. The molecule has 2 aromatic rings. The van der Waals surface area contributed by atoms with Gasteiger partial charge in [-0.15, -0.1) is 0 Å². The quantitative estimate of drug-likeness (QED) is 0.586. The molecule has 0 fully saturated rings. The highest BCUT2D eigenvalue weighted by atomic mass is 35.5. The van der Waals surface area contributed by atoms with Crippen LogP contribution in [0.5, 0.6) is 5.75 Å². The number of aromatic hydroxyl groups is 1. The average molecular weight is 264 g/mol. The molecule has 92 valence electrons. The third kappa shape index (κ3) is 2.89. The second-order valence-electron chi connectivity index (χ2n) is 3.49. The zero-order chi connectivity index (χ0) is 13.0. The number of carbonyl (C=O) groups is 1. The van der Waals surface area contributed by atoms with Crippen LogP contribution in [-0.4, -0.2) is 22.2 Å². The van der Waals surface area contributed by atoms with Crippen LogP contribution in [0.2, 0.25) is 5.02 Å². The van der Waals surface area contributed by atoms with Crippen LogP contribution in [0.3, 0.4) is 0 Å². The minimum Gasteiger partial charge on any atom is -0.507 e. The average Bonchev–Trinajstić information content (AvgIpc) is 2.85. The van der Waals surface area contributed by atoms with Gasteiger partial charge in [-0.1, -0.05) is 11.6 Å². The number of hydrogen-bond donors (Lipinski definition) is 3. The molecule has 1 amide bonds. The normalized spacial score (nSPS) is 10.7. The summed E-state index contributed by atoms with van der Waals surface area (Å²) < 4.78 is 0. The Morgan fingerprint density at radius 1 is 1.44 bits per heavy atom. The van der Waals surface area contributed by atoms with Crippen molar-refractivity contribution in [2.45, 2.75) is 0 Å². The number of nitrogens with zero attached hydrogens (tertiary/aromatic N) is 1. The van der Waals surface area contributed by atoms with Crippen LogP contribution >= 0.6 is 11.6 Å². The van der Waals surface area contributed by atoms with Crippen molar-refractivity contribution >= 4 is 23.7 Å². The molecule has 0 radical (unpaired) electrons. The Balaban J connectivity index is 2.06. The molecular formula is C12H10ClN3O2. The van der Waals surface area contributed by atoms with E-state index in [-0.39, 0.29) is 11.3 Å². The molecule has 0 saturated carbocycles. The van der Waals surface area contributed by atoms with Crippen LogP contribution in [0.15, 0.2) is 41.6 Å². The predicted molar refractivity (Wildman–Crippen MR) is 69.0 cm³/mol. The van der Waals surface area contributed by atoms with E-state index in [0.717, 1.165) is 5.69 Å². The molecule has 3 N–H and O–H groups in total. The number of hydrazone groups is 1. The Hall–Kier alpha value is -2.27. The molecule has 6 heteroatoms. The third-order valence-corrected chi connectivity index (χ3v) is 2.43. The molecule has 0 bridgehead atoms. The van der Waals surface area contributed by atoms with Gasteiger partial charge in [-0.2, -0.15) is 5.10 Å². The van der Waals surface area contributed by atoms with Crippen molar-refractivity contribution < 1.29 is 9.90 Å². The zero-order valence-electron chi connectivity index (χ0n) is 9.22. The summed E-state index contributed by atoms with van der Waals surface area (Å²) in [6.07, 6.45) is 3.20. The first-order chi connectivity index (χ1) is 8.66. The largest absolute Gasteiger partial charge is 0.507 e. The van der Waals surface area contributed by atoms with Gasteiger partial charge in [-0.05, 0) is 30.3 Å². The van der Waals surface area contributed by atoms with E-state index in [0.29, 0.717) is 5.02 Å². The molecule has 0 saturated heterocycles. The molecule has 0 aliphatic carbocycles. The van der Waals surface area contributed by atoms with Gasteiger partial charge in [0.05, 0.1) is 17.5 Å². The highest BCUT2D eigenvalue weighted by molar-refractivity contribution is 6.31. The van der Waals surface area contributed by atoms with Gasteiger partial charge in [-0.3, -0.25) is 4.79 Å². The van der Waals surface area contributed by atoms with Crippen molar-refractivity contribution in [1.82, 2.24) is 10.4 Å². The number of rotatable bonds is 3. The second-order valence-corrected chi connectivity index (χ2v) is 3.92. The monoisotopic (exact) mass is 263 g/mol. The van der Waals surface area contributed by atoms with E-state index >= 15 is 0 Å². The number of phenolic OH excluding ortho intramolecular Hbond substituents is 1. The van der Waals surface area contributed by atoms with Gasteiger partial charge in [0.1, 0.15) is 5.75 Å². The Labute approximate surface area is 108 Å². The number of nitrogens with one attached hydrogen (secondary N) is 2. The lowest BCUT2D eigenvalue weighted by atomic mass is 10.2. The van der Waals surface area contributed by atoms with E-state index in [1.807, 2.05) is 6.07 Å². The molecule has 0 unspecified atom stereocenters. The predicted octanol–water partition coefficient (Wildman–Crippen LogP) is 2.14. The molecule has 5 nitrogen and oxygen atoms in total. The summed E-state index contributed by atoms with van der Waals surface area (Å²) in [6, 6.07) is 7.83. The van der Waals surface area contributed by atoms with E-state index < -0.39 is 5.91 Å². The van der Waals surface area contributed by atoms with Crippen LogP contribution in [0.1, 0.15) is 16.1 Å². The Morgan fingerprint density at radius 2 is 2.28 bits per heavy atom. The summed E-state index contributed by atoms with van der Waals surface area (Å²) in [5, 5.41) is 13.6. The zero-order valence-corrected chi connectivity index (χ0v) is 9.98. The number of amides is 1. The highest BCUT2D eigenvalue weighted by Gasteiger charge is 2.10. The first-order valence-electron chi connectivity index (χ1n) is 5.12. The van der Waals surface area contributed by atoms with Crippen molar-refractivity contribution in [3.63, 3.8) is 0 Å². The van der Waals surface area contributed by atoms with Crippen LogP contribution < -0.4 is 5.43 Å².